The molecule has 0 aromatic carbocycles. The zero-order chi connectivity index (χ0) is 14.5. The van der Waals surface area contributed by atoms with Crippen molar-refractivity contribution >= 4 is 6.09 Å². The third-order valence-electron chi connectivity index (χ3n) is 3.57. The molecule has 0 aromatic heterocycles. The molecule has 1 amide bonds. The van der Waals surface area contributed by atoms with Gasteiger partial charge < -0.3 is 20.1 Å². The van der Waals surface area contributed by atoms with E-state index in [4.69, 9.17) is 9.84 Å². The fourth-order valence-electron chi connectivity index (χ4n) is 2.57. The number of carbonyl (C=O) groups is 1. The van der Waals surface area contributed by atoms with Crippen LogP contribution in [0.2, 0.25) is 0 Å². The van der Waals surface area contributed by atoms with Crippen LogP contribution in [0.3, 0.4) is 0 Å². The summed E-state index contributed by atoms with van der Waals surface area (Å²) in [4.78, 5) is 13.7. The van der Waals surface area contributed by atoms with Crippen LogP contribution in [-0.4, -0.2) is 54.5 Å². The molecule has 0 spiro atoms. The number of piperidine rings is 1. The Labute approximate surface area is 116 Å². The highest BCUT2D eigenvalue weighted by Gasteiger charge is 2.29. The Morgan fingerprint density at radius 3 is 2.42 bits per heavy atom. The van der Waals surface area contributed by atoms with Crippen LogP contribution in [0.4, 0.5) is 4.79 Å². The largest absolute Gasteiger partial charge is 0.444 e. The summed E-state index contributed by atoms with van der Waals surface area (Å²) in [5.74, 6) is 0.524. The molecule has 112 valence electrons. The van der Waals surface area contributed by atoms with Gasteiger partial charge in [0.15, 0.2) is 0 Å². The highest BCUT2D eigenvalue weighted by Crippen LogP contribution is 2.23. The van der Waals surface area contributed by atoms with Crippen LogP contribution >= 0.6 is 0 Å². The Balaban J connectivity index is 2.42. The Hall–Kier alpha value is -0.810. The lowest BCUT2D eigenvalue weighted by Crippen LogP contribution is -2.46. The number of rotatable bonds is 4. The number of carbonyl (C=O) groups excluding carboxylic acids is 1. The van der Waals surface area contributed by atoms with Crippen LogP contribution in [0.1, 0.15) is 40.0 Å². The predicted octanol–water partition coefficient (Wildman–Crippen LogP) is 1.60. The van der Waals surface area contributed by atoms with Gasteiger partial charge in [-0.25, -0.2) is 4.79 Å². The number of amides is 1. The third-order valence-corrected chi connectivity index (χ3v) is 3.57. The summed E-state index contributed by atoms with van der Waals surface area (Å²) >= 11 is 0. The molecule has 1 aliphatic heterocycles. The first-order valence-corrected chi connectivity index (χ1v) is 7.13. The van der Waals surface area contributed by atoms with E-state index in [0.717, 1.165) is 32.4 Å². The van der Waals surface area contributed by atoms with Gasteiger partial charge in [-0.05, 0) is 53.0 Å². The van der Waals surface area contributed by atoms with Crippen LogP contribution in [0.25, 0.3) is 0 Å². The van der Waals surface area contributed by atoms with Crippen molar-refractivity contribution in [3.8, 4) is 0 Å². The van der Waals surface area contributed by atoms with Crippen molar-refractivity contribution in [1.29, 1.82) is 0 Å². The van der Waals surface area contributed by atoms with Crippen molar-refractivity contribution in [3.05, 3.63) is 0 Å². The summed E-state index contributed by atoms with van der Waals surface area (Å²) in [6, 6.07) is 0.339. The molecular formula is C14H28N2O3. The number of hydrogen-bond donors (Lipinski definition) is 2. The smallest absolute Gasteiger partial charge is 0.410 e. The van der Waals surface area contributed by atoms with E-state index in [1.807, 2.05) is 27.8 Å². The number of aliphatic hydroxyl groups excluding tert-OH is 1. The van der Waals surface area contributed by atoms with E-state index in [0.29, 0.717) is 12.0 Å². The zero-order valence-electron chi connectivity index (χ0n) is 12.6. The lowest BCUT2D eigenvalue weighted by molar-refractivity contribution is 0.0166. The molecule has 5 nitrogen and oxygen atoms in total. The van der Waals surface area contributed by atoms with E-state index < -0.39 is 5.60 Å². The molecule has 5 heteroatoms. The maximum Gasteiger partial charge on any atom is 0.410 e. The van der Waals surface area contributed by atoms with Gasteiger partial charge in [0.05, 0.1) is 0 Å². The molecule has 1 heterocycles. The maximum atomic E-state index is 11.9. The Morgan fingerprint density at radius 1 is 1.42 bits per heavy atom. The molecule has 0 radical (unpaired) electrons. The summed E-state index contributed by atoms with van der Waals surface area (Å²) < 4.78 is 5.38. The van der Waals surface area contributed by atoms with Crippen LogP contribution in [0.15, 0.2) is 0 Å². The predicted molar refractivity (Wildman–Crippen MR) is 75.1 cm³/mol. The number of nitrogens with zero attached hydrogens (tertiary/aromatic N) is 1. The Kier molecular flexibility index (Phi) is 6.07. The first-order valence-electron chi connectivity index (χ1n) is 7.13. The summed E-state index contributed by atoms with van der Waals surface area (Å²) in [6.07, 6.45) is 2.48. The fourth-order valence-corrected chi connectivity index (χ4v) is 2.57. The molecule has 0 aromatic rings. The summed E-state index contributed by atoms with van der Waals surface area (Å²) in [6.45, 7) is 7.34. The van der Waals surface area contributed by atoms with E-state index in [9.17, 15) is 4.79 Å². The van der Waals surface area contributed by atoms with E-state index >= 15 is 0 Å². The number of likely N-dealkylation sites (tertiary alicyclic amines) is 1. The SMILES string of the molecule is CN[C@@H](CCO)C1CCN(C(=O)OC(C)(C)C)CC1. The molecule has 0 aliphatic carbocycles. The molecular weight excluding hydrogens is 244 g/mol. The molecule has 19 heavy (non-hydrogen) atoms. The Morgan fingerprint density at radius 2 is 2.00 bits per heavy atom. The minimum Gasteiger partial charge on any atom is -0.444 e. The van der Waals surface area contributed by atoms with Crippen molar-refractivity contribution in [3.63, 3.8) is 0 Å². The second-order valence-electron chi connectivity index (χ2n) is 6.21. The number of ether oxygens (including phenoxy) is 1. The van der Waals surface area contributed by atoms with Crippen LogP contribution in [-0.2, 0) is 4.74 Å². The van der Waals surface area contributed by atoms with Gasteiger partial charge in [0.25, 0.3) is 0 Å². The molecule has 0 saturated carbocycles. The highest BCUT2D eigenvalue weighted by molar-refractivity contribution is 5.68. The lowest BCUT2D eigenvalue weighted by atomic mass is 9.88. The fraction of sp³-hybridized carbons (Fsp3) is 0.929. The first-order chi connectivity index (χ1) is 8.87. The minimum atomic E-state index is -0.432. The van der Waals surface area contributed by atoms with Crippen LogP contribution in [0.5, 0.6) is 0 Å². The molecule has 1 atom stereocenters. The quantitative estimate of drug-likeness (QED) is 0.816. The topological polar surface area (TPSA) is 61.8 Å². The van der Waals surface area contributed by atoms with Crippen molar-refractivity contribution in [2.24, 2.45) is 5.92 Å². The number of hydrogen-bond acceptors (Lipinski definition) is 4. The lowest BCUT2D eigenvalue weighted by Gasteiger charge is -2.36. The molecule has 2 N–H and O–H groups in total. The van der Waals surface area contributed by atoms with Gasteiger partial charge in [-0.1, -0.05) is 0 Å². The molecule has 1 rings (SSSR count). The van der Waals surface area contributed by atoms with Crippen LogP contribution in [0, 0.1) is 5.92 Å². The van der Waals surface area contributed by atoms with Crippen molar-refractivity contribution in [2.45, 2.75) is 51.7 Å². The van der Waals surface area contributed by atoms with Gasteiger partial charge >= 0.3 is 6.09 Å². The molecule has 0 unspecified atom stereocenters. The standard InChI is InChI=1S/C14H28N2O3/c1-14(2,3)19-13(18)16-8-5-11(6-9-16)12(15-4)7-10-17/h11-12,15,17H,5-10H2,1-4H3/t12-/m0/s1. The third kappa shape index (κ3) is 5.37. The van der Waals surface area contributed by atoms with E-state index in [2.05, 4.69) is 5.32 Å². The first kappa shape index (κ1) is 16.2. The monoisotopic (exact) mass is 272 g/mol. The number of aliphatic hydroxyl groups is 1. The summed E-state index contributed by atoms with van der Waals surface area (Å²) in [7, 11) is 1.93. The summed E-state index contributed by atoms with van der Waals surface area (Å²) in [5, 5.41) is 12.3. The van der Waals surface area contributed by atoms with Gasteiger partial charge in [0.2, 0.25) is 0 Å². The minimum absolute atomic E-state index is 0.206. The van der Waals surface area contributed by atoms with Gasteiger partial charge in [-0.3, -0.25) is 0 Å². The summed E-state index contributed by atoms with van der Waals surface area (Å²) in [5.41, 5.74) is -0.432. The van der Waals surface area contributed by atoms with Crippen molar-refractivity contribution < 1.29 is 14.6 Å². The van der Waals surface area contributed by atoms with E-state index in [1.165, 1.54) is 0 Å². The van der Waals surface area contributed by atoms with Crippen molar-refractivity contribution in [2.75, 3.05) is 26.7 Å². The number of nitrogens with one attached hydrogen (secondary N) is 1. The average molecular weight is 272 g/mol. The van der Waals surface area contributed by atoms with Crippen LogP contribution < -0.4 is 5.32 Å². The van der Waals surface area contributed by atoms with Gasteiger partial charge in [-0.15, -0.1) is 0 Å². The average Bonchev–Trinajstić information content (AvgIpc) is 2.34. The Bertz CT molecular complexity index is 281. The molecule has 1 saturated heterocycles. The van der Waals surface area contributed by atoms with Gasteiger partial charge in [0.1, 0.15) is 5.60 Å². The second-order valence-corrected chi connectivity index (χ2v) is 6.21. The zero-order valence-corrected chi connectivity index (χ0v) is 12.6. The van der Waals surface area contributed by atoms with Gasteiger partial charge in [-0.2, -0.15) is 0 Å². The molecule has 0 bridgehead atoms. The highest BCUT2D eigenvalue weighted by atomic mass is 16.6. The van der Waals surface area contributed by atoms with E-state index in [-0.39, 0.29) is 12.7 Å². The van der Waals surface area contributed by atoms with Crippen molar-refractivity contribution in [1.82, 2.24) is 10.2 Å². The normalized spacial score (nSPS) is 19.3. The maximum absolute atomic E-state index is 11.9. The second kappa shape index (κ2) is 7.10. The molecule has 1 aliphatic rings. The van der Waals surface area contributed by atoms with Gasteiger partial charge in [0, 0.05) is 25.7 Å². The molecule has 1 fully saturated rings. The van der Waals surface area contributed by atoms with E-state index in [1.54, 1.807) is 4.90 Å².